The number of rotatable bonds is 3. The summed E-state index contributed by atoms with van der Waals surface area (Å²) >= 11 is 0. The van der Waals surface area contributed by atoms with Crippen molar-refractivity contribution in [3.8, 4) is 5.75 Å². The molecule has 0 bridgehead atoms. The summed E-state index contributed by atoms with van der Waals surface area (Å²) in [6.45, 7) is 0. The van der Waals surface area contributed by atoms with E-state index in [9.17, 15) is 18.0 Å². The van der Waals surface area contributed by atoms with E-state index in [1.54, 1.807) is 12.3 Å². The van der Waals surface area contributed by atoms with Crippen LogP contribution in [0.1, 0.15) is 35.7 Å². The molecule has 1 saturated heterocycles. The summed E-state index contributed by atoms with van der Waals surface area (Å²) in [5.41, 5.74) is 1.19. The van der Waals surface area contributed by atoms with Gasteiger partial charge in [-0.15, -0.1) is 0 Å². The maximum atomic E-state index is 13.2. The fourth-order valence-corrected chi connectivity index (χ4v) is 5.81. The van der Waals surface area contributed by atoms with E-state index in [4.69, 9.17) is 9.47 Å². The number of aryl methyl sites for hydroxylation is 1. The maximum Gasteiger partial charge on any atom is 0.416 e. The summed E-state index contributed by atoms with van der Waals surface area (Å²) in [6, 6.07) is 5.49. The number of hydrogen-bond donors (Lipinski definition) is 1. The number of ether oxygens (including phenoxy) is 2. The Bertz CT molecular complexity index is 1510. The second-order valence-electron chi connectivity index (χ2n) is 9.71. The molecular weight excluding hydrogens is 473 g/mol. The van der Waals surface area contributed by atoms with Crippen LogP contribution in [0.5, 0.6) is 5.75 Å². The van der Waals surface area contributed by atoms with Crippen molar-refractivity contribution >= 4 is 22.8 Å². The van der Waals surface area contributed by atoms with E-state index in [1.165, 1.54) is 6.07 Å². The highest BCUT2D eigenvalue weighted by atomic mass is 19.4. The molecule has 10 heteroatoms. The number of benzene rings is 1. The Hall–Kier alpha value is -3.82. The fraction of sp³-hybridized carbons (Fsp3) is 0.346. The first kappa shape index (κ1) is 21.5. The molecule has 1 N–H and O–H groups in total. The Morgan fingerprint density at radius 3 is 2.89 bits per heavy atom. The molecule has 184 valence electrons. The molecule has 4 heterocycles. The van der Waals surface area contributed by atoms with Crippen LogP contribution in [0.4, 0.5) is 19.0 Å². The number of imidazole rings is 1. The number of fused-ring (bicyclic) bond motifs is 5. The van der Waals surface area contributed by atoms with Crippen LogP contribution in [0.3, 0.4) is 0 Å². The molecule has 1 aromatic carbocycles. The van der Waals surface area contributed by atoms with Gasteiger partial charge in [0.2, 0.25) is 5.91 Å². The number of halogens is 3. The van der Waals surface area contributed by atoms with Gasteiger partial charge >= 0.3 is 6.18 Å². The second-order valence-corrected chi connectivity index (χ2v) is 9.71. The first-order chi connectivity index (χ1) is 17.3. The van der Waals surface area contributed by atoms with Crippen LogP contribution < -0.4 is 10.1 Å². The van der Waals surface area contributed by atoms with Crippen LogP contribution in [0.15, 0.2) is 54.1 Å². The summed E-state index contributed by atoms with van der Waals surface area (Å²) < 4.78 is 53.9. The van der Waals surface area contributed by atoms with Gasteiger partial charge in [-0.25, -0.2) is 9.97 Å². The van der Waals surface area contributed by atoms with E-state index < -0.39 is 11.7 Å². The van der Waals surface area contributed by atoms with Gasteiger partial charge in [-0.05, 0) is 42.8 Å². The molecular formula is C26H21F3N4O3. The number of nitrogens with zero attached hydrogens (tertiary/aromatic N) is 3. The molecule has 7 rings (SSSR count). The Morgan fingerprint density at radius 2 is 2.06 bits per heavy atom. The third kappa shape index (κ3) is 3.23. The van der Waals surface area contributed by atoms with Gasteiger partial charge in [-0.1, -0.05) is 0 Å². The fourth-order valence-electron chi connectivity index (χ4n) is 5.81. The van der Waals surface area contributed by atoms with Gasteiger partial charge < -0.3 is 19.4 Å². The van der Waals surface area contributed by atoms with Crippen LogP contribution in [-0.2, 0) is 29.2 Å². The Labute approximate surface area is 203 Å². The zero-order valence-electron chi connectivity index (χ0n) is 19.2. The van der Waals surface area contributed by atoms with Gasteiger partial charge in [0, 0.05) is 43.5 Å². The molecule has 4 unspecified atom stereocenters. The highest BCUT2D eigenvalue weighted by Crippen LogP contribution is 2.63. The maximum absolute atomic E-state index is 13.2. The van der Waals surface area contributed by atoms with Gasteiger partial charge in [-0.2, -0.15) is 13.2 Å². The van der Waals surface area contributed by atoms with E-state index >= 15 is 0 Å². The van der Waals surface area contributed by atoms with E-state index in [2.05, 4.69) is 15.3 Å². The lowest BCUT2D eigenvalue weighted by molar-refractivity contribution is -0.137. The zero-order chi connectivity index (χ0) is 24.8. The minimum Gasteiger partial charge on any atom is -0.493 e. The monoisotopic (exact) mass is 494 g/mol. The van der Waals surface area contributed by atoms with Crippen LogP contribution in [0.25, 0.3) is 11.0 Å². The van der Waals surface area contributed by atoms with Crippen molar-refractivity contribution in [3.05, 3.63) is 71.1 Å². The van der Waals surface area contributed by atoms with Crippen molar-refractivity contribution in [2.24, 2.45) is 18.9 Å². The standard InChI is InChI=1S/C26H21F3N4O3/c1-33-17-5-2-12(26(27,28)29)10-16(17)31-25(33)22-21-15-11-13(3-6-18(15)36-23(21)22)35-19-8-9-30-24-14(19)4-7-20(34)32-24/h2-3,5-6,8-10,15,21-23H,4,7,11H2,1H3,(H,30,32,34). The minimum atomic E-state index is -4.41. The van der Waals surface area contributed by atoms with Crippen LogP contribution in [0, 0.1) is 11.8 Å². The van der Waals surface area contributed by atoms with Crippen molar-refractivity contribution in [2.75, 3.05) is 5.32 Å². The lowest BCUT2D eigenvalue weighted by Gasteiger charge is -2.24. The smallest absolute Gasteiger partial charge is 0.416 e. The number of carbonyl (C=O) groups excluding carboxylic acids is 1. The Kier molecular flexibility index (Phi) is 4.38. The molecule has 4 aliphatic rings. The lowest BCUT2D eigenvalue weighted by atomic mass is 9.92. The van der Waals surface area contributed by atoms with Crippen molar-refractivity contribution < 1.29 is 27.4 Å². The van der Waals surface area contributed by atoms with E-state index in [0.29, 0.717) is 41.9 Å². The molecule has 1 amide bonds. The predicted octanol–water partition coefficient (Wildman–Crippen LogP) is 4.85. The number of aromatic nitrogens is 3. The van der Waals surface area contributed by atoms with Crippen molar-refractivity contribution in [2.45, 2.75) is 37.5 Å². The first-order valence-electron chi connectivity index (χ1n) is 11.8. The van der Waals surface area contributed by atoms with E-state index in [0.717, 1.165) is 35.0 Å². The number of nitrogens with one attached hydrogen (secondary N) is 1. The normalized spacial score (nSPS) is 26.3. The molecule has 1 saturated carbocycles. The third-order valence-electron chi connectivity index (χ3n) is 7.62. The number of anilines is 1. The molecule has 0 radical (unpaired) electrons. The van der Waals surface area contributed by atoms with E-state index in [-0.39, 0.29) is 29.8 Å². The van der Waals surface area contributed by atoms with Crippen molar-refractivity contribution in [3.63, 3.8) is 0 Å². The van der Waals surface area contributed by atoms with Crippen LogP contribution >= 0.6 is 0 Å². The first-order valence-corrected chi connectivity index (χ1v) is 11.8. The molecule has 2 aliphatic heterocycles. The quantitative estimate of drug-likeness (QED) is 0.563. The van der Waals surface area contributed by atoms with Crippen LogP contribution in [-0.4, -0.2) is 26.5 Å². The molecule has 2 fully saturated rings. The van der Waals surface area contributed by atoms with Crippen molar-refractivity contribution in [1.82, 2.24) is 14.5 Å². The summed E-state index contributed by atoms with van der Waals surface area (Å²) in [6.07, 6.45) is 2.62. The van der Waals surface area contributed by atoms with Crippen molar-refractivity contribution in [1.29, 1.82) is 0 Å². The Morgan fingerprint density at radius 1 is 1.19 bits per heavy atom. The number of allylic oxidation sites excluding steroid dienone is 4. The topological polar surface area (TPSA) is 78.3 Å². The average molecular weight is 494 g/mol. The third-order valence-corrected chi connectivity index (χ3v) is 7.62. The molecule has 2 aromatic heterocycles. The highest BCUT2D eigenvalue weighted by molar-refractivity contribution is 5.93. The zero-order valence-corrected chi connectivity index (χ0v) is 19.2. The number of amides is 1. The molecule has 36 heavy (non-hydrogen) atoms. The molecule has 4 atom stereocenters. The Balaban J connectivity index is 1.12. The number of carbonyl (C=O) groups is 1. The highest BCUT2D eigenvalue weighted by Gasteiger charge is 2.65. The van der Waals surface area contributed by atoms with Gasteiger partial charge in [0.1, 0.15) is 35.0 Å². The molecule has 0 spiro atoms. The minimum absolute atomic E-state index is 0.0159. The molecule has 2 aliphatic carbocycles. The lowest BCUT2D eigenvalue weighted by Crippen LogP contribution is -2.21. The number of alkyl halides is 3. The summed E-state index contributed by atoms with van der Waals surface area (Å²) in [5, 5.41) is 2.79. The predicted molar refractivity (Wildman–Crippen MR) is 123 cm³/mol. The molecule has 3 aromatic rings. The summed E-state index contributed by atoms with van der Waals surface area (Å²) in [4.78, 5) is 20.5. The van der Waals surface area contributed by atoms with Gasteiger partial charge in [0.05, 0.1) is 22.5 Å². The largest absolute Gasteiger partial charge is 0.493 e. The number of pyridine rings is 1. The average Bonchev–Trinajstić information content (AvgIpc) is 3.26. The van der Waals surface area contributed by atoms with Gasteiger partial charge in [0.25, 0.3) is 0 Å². The second kappa shape index (κ2) is 7.35. The molecule has 7 nitrogen and oxygen atoms in total. The van der Waals surface area contributed by atoms with Gasteiger partial charge in [0.15, 0.2) is 0 Å². The van der Waals surface area contributed by atoms with E-state index in [1.807, 2.05) is 23.8 Å². The van der Waals surface area contributed by atoms with Gasteiger partial charge in [-0.3, -0.25) is 4.79 Å². The summed E-state index contributed by atoms with van der Waals surface area (Å²) in [7, 11) is 1.84. The summed E-state index contributed by atoms with van der Waals surface area (Å²) in [5.74, 6) is 3.94. The number of hydrogen-bond acceptors (Lipinski definition) is 5. The van der Waals surface area contributed by atoms with Crippen LogP contribution in [0.2, 0.25) is 0 Å². The SMILES string of the molecule is Cn1c(C2C3OC4=CC=C(Oc5ccnc6c5CCC(=O)N6)CC4C32)nc2cc(C(F)(F)F)ccc21.